The zero-order chi connectivity index (χ0) is 52.2. The molecule has 0 unspecified atom stereocenters. The quantitative estimate of drug-likeness (QED) is 0.165. The zero-order valence-corrected chi connectivity index (χ0v) is 46.6. The maximum absolute atomic E-state index is 2.57. The molecule has 0 heterocycles. The Morgan fingerprint density at radius 2 is 0.486 bits per heavy atom. The highest BCUT2D eigenvalue weighted by molar-refractivity contribution is 6.35. The zero-order valence-electron chi connectivity index (χ0n) is 46.6. The number of rotatable bonds is 4. The molecule has 0 aromatic heterocycles. The normalized spacial score (nSPS) is 13.3. The van der Waals surface area contributed by atoms with Gasteiger partial charge in [0.15, 0.2) is 0 Å². The second kappa shape index (κ2) is 16.2. The minimum atomic E-state index is -0.0617. The summed E-state index contributed by atoms with van der Waals surface area (Å²) in [5, 5.41) is 7.93. The Balaban J connectivity index is 1.30. The molecule has 0 fully saturated rings. The summed E-state index contributed by atoms with van der Waals surface area (Å²) in [6.07, 6.45) is 0. The third kappa shape index (κ3) is 7.45. The minimum absolute atomic E-state index is 0.0567. The van der Waals surface area contributed by atoms with E-state index in [1.165, 1.54) is 149 Å². The molecule has 0 amide bonds. The molecule has 0 N–H and O–H groups in total. The van der Waals surface area contributed by atoms with E-state index in [0.29, 0.717) is 0 Å². The molecule has 0 nitrogen and oxygen atoms in total. The van der Waals surface area contributed by atoms with Gasteiger partial charge in [0.05, 0.1) is 0 Å². The third-order valence-corrected chi connectivity index (χ3v) is 16.7. The van der Waals surface area contributed by atoms with Crippen molar-refractivity contribution < 1.29 is 0 Å². The fourth-order valence-electron chi connectivity index (χ4n) is 12.5. The molecular formula is C74H72. The summed E-state index contributed by atoms with van der Waals surface area (Å²) in [6, 6.07) is 64.1. The Kier molecular flexibility index (Phi) is 10.5. The van der Waals surface area contributed by atoms with Crippen LogP contribution in [-0.2, 0) is 27.1 Å². The lowest BCUT2D eigenvalue weighted by molar-refractivity contribution is 0.568. The van der Waals surface area contributed by atoms with Crippen LogP contribution in [-0.4, -0.2) is 0 Å². The Morgan fingerprint density at radius 1 is 0.203 bits per heavy atom. The minimum Gasteiger partial charge on any atom is -0.0622 e. The van der Waals surface area contributed by atoms with Gasteiger partial charge >= 0.3 is 0 Å². The topological polar surface area (TPSA) is 0 Å². The van der Waals surface area contributed by atoms with Crippen molar-refractivity contribution >= 4 is 32.3 Å². The van der Waals surface area contributed by atoms with Gasteiger partial charge in [-0.3, -0.25) is 0 Å². The highest BCUT2D eigenvalue weighted by Gasteiger charge is 2.38. The summed E-state index contributed by atoms with van der Waals surface area (Å²) in [7, 11) is 0. The van der Waals surface area contributed by atoms with Gasteiger partial charge in [-0.05, 0) is 182 Å². The van der Waals surface area contributed by atoms with E-state index in [1.807, 2.05) is 0 Å². The van der Waals surface area contributed by atoms with E-state index in [9.17, 15) is 0 Å². The fraction of sp³-hybridized carbons (Fsp3) is 0.270. The van der Waals surface area contributed by atoms with Gasteiger partial charge in [0.25, 0.3) is 0 Å². The summed E-state index contributed by atoms with van der Waals surface area (Å²) in [5.74, 6) is 0. The standard InChI is InChI=1S/C74H72/c1-70(2,3)47-30-31-54-59(42-47)63(46-38-50(73(10,11)12)41-51(39-46)74(13,14)15)69-58-35-33-56-64-55(32-34-57(65(58)64)68(69)62(54)45-36-48(71(4,5)6)40-49(37-45)72(7,8)9)66-60(43-24-18-16-19-25-43)52-28-22-23-29-53(52)61(67(56)66)44-26-20-17-21-27-44/h16-42H,1-15H3. The summed E-state index contributed by atoms with van der Waals surface area (Å²) in [4.78, 5) is 0. The summed E-state index contributed by atoms with van der Waals surface area (Å²) in [5.41, 5.74) is 27.6. The highest BCUT2D eigenvalue weighted by Crippen LogP contribution is 2.65. The van der Waals surface area contributed by atoms with E-state index in [1.54, 1.807) is 0 Å². The molecule has 0 bridgehead atoms. The van der Waals surface area contributed by atoms with Crippen molar-refractivity contribution in [3.63, 3.8) is 0 Å². The molecule has 0 atom stereocenters. The van der Waals surface area contributed by atoms with E-state index in [-0.39, 0.29) is 27.1 Å². The molecule has 0 spiro atoms. The second-order valence-electron chi connectivity index (χ2n) is 27.0. The van der Waals surface area contributed by atoms with E-state index >= 15 is 0 Å². The Bertz CT molecular complexity index is 3810. The second-order valence-corrected chi connectivity index (χ2v) is 27.0. The molecular weight excluding hydrogens is 889 g/mol. The van der Waals surface area contributed by atoms with Crippen LogP contribution in [0.3, 0.4) is 0 Å². The molecule has 0 aliphatic heterocycles. The number of fused-ring (bicyclic) bond motifs is 8. The first-order chi connectivity index (χ1) is 34.9. The monoisotopic (exact) mass is 961 g/mol. The SMILES string of the molecule is CC(C)(C)c1cc(-c2c3c(c(-c4cc(C(C)(C)C)cc(C(C)(C)C)c4)c4cc(C(C)(C)C)ccc24)-c2ccc4c5c(ccc-3c25)-c2c-4c(-c3ccccc3)c3ccccc3c2-c2ccccc2)cc(C(C)(C)C)c1. The van der Waals surface area contributed by atoms with Gasteiger partial charge in [-0.25, -0.2) is 0 Å². The smallest absolute Gasteiger partial charge is 0.000740 e. The lowest BCUT2D eigenvalue weighted by Crippen LogP contribution is -2.17. The van der Waals surface area contributed by atoms with Crippen LogP contribution in [0.4, 0.5) is 0 Å². The van der Waals surface area contributed by atoms with E-state index in [0.717, 1.165) is 0 Å². The molecule has 2 aliphatic rings. The average Bonchev–Trinajstić information content (AvgIpc) is 3.88. The highest BCUT2D eigenvalue weighted by atomic mass is 14.4. The van der Waals surface area contributed by atoms with Crippen LogP contribution in [0.25, 0.3) is 121 Å². The van der Waals surface area contributed by atoms with Crippen molar-refractivity contribution in [2.75, 3.05) is 0 Å². The van der Waals surface area contributed by atoms with E-state index in [2.05, 4.69) is 268 Å². The first-order valence-electron chi connectivity index (χ1n) is 27.2. The van der Waals surface area contributed by atoms with Crippen molar-refractivity contribution in [3.05, 3.63) is 192 Å². The maximum atomic E-state index is 2.57. The van der Waals surface area contributed by atoms with Gasteiger partial charge in [-0.2, -0.15) is 0 Å². The predicted octanol–water partition coefficient (Wildman–Crippen LogP) is 21.6. The van der Waals surface area contributed by atoms with Crippen LogP contribution in [0.5, 0.6) is 0 Å². The lowest BCUT2D eigenvalue weighted by Gasteiger charge is -2.29. The first kappa shape index (κ1) is 48.0. The summed E-state index contributed by atoms with van der Waals surface area (Å²) >= 11 is 0. The molecule has 10 aromatic carbocycles. The van der Waals surface area contributed by atoms with Crippen molar-refractivity contribution in [1.82, 2.24) is 0 Å². The number of benzene rings is 10. The predicted molar refractivity (Wildman–Crippen MR) is 323 cm³/mol. The Morgan fingerprint density at radius 3 is 0.811 bits per heavy atom. The van der Waals surface area contributed by atoms with Gasteiger partial charge in [0, 0.05) is 0 Å². The van der Waals surface area contributed by atoms with Crippen LogP contribution < -0.4 is 0 Å². The average molecular weight is 961 g/mol. The van der Waals surface area contributed by atoms with Gasteiger partial charge in [0.1, 0.15) is 0 Å². The summed E-state index contributed by atoms with van der Waals surface area (Å²) < 4.78 is 0. The molecule has 74 heavy (non-hydrogen) atoms. The van der Waals surface area contributed by atoms with Crippen molar-refractivity contribution in [2.24, 2.45) is 0 Å². The summed E-state index contributed by atoms with van der Waals surface area (Å²) in [6.45, 7) is 35.6. The van der Waals surface area contributed by atoms with Crippen LogP contribution in [0.1, 0.15) is 132 Å². The number of hydrogen-bond acceptors (Lipinski definition) is 0. The molecule has 0 saturated carbocycles. The third-order valence-electron chi connectivity index (χ3n) is 16.7. The van der Waals surface area contributed by atoms with Gasteiger partial charge in [0.2, 0.25) is 0 Å². The molecule has 0 heteroatoms. The van der Waals surface area contributed by atoms with Crippen molar-refractivity contribution in [1.29, 1.82) is 0 Å². The van der Waals surface area contributed by atoms with Crippen LogP contribution in [0.2, 0.25) is 0 Å². The van der Waals surface area contributed by atoms with Crippen molar-refractivity contribution in [2.45, 2.75) is 131 Å². The van der Waals surface area contributed by atoms with E-state index in [4.69, 9.17) is 0 Å². The molecule has 12 rings (SSSR count). The molecule has 2 aliphatic carbocycles. The molecule has 368 valence electrons. The largest absolute Gasteiger partial charge is 0.0622 e. The van der Waals surface area contributed by atoms with E-state index < -0.39 is 0 Å². The number of hydrogen-bond donors (Lipinski definition) is 0. The van der Waals surface area contributed by atoms with Crippen LogP contribution >= 0.6 is 0 Å². The first-order valence-corrected chi connectivity index (χ1v) is 27.2. The molecule has 0 radical (unpaired) electrons. The lowest BCUT2D eigenvalue weighted by atomic mass is 9.75. The molecule has 0 saturated heterocycles. The van der Waals surface area contributed by atoms with Gasteiger partial charge < -0.3 is 0 Å². The molecule has 10 aromatic rings. The Labute approximate surface area is 441 Å². The van der Waals surface area contributed by atoms with Crippen LogP contribution in [0.15, 0.2) is 164 Å². The van der Waals surface area contributed by atoms with Crippen molar-refractivity contribution in [3.8, 4) is 89.0 Å². The van der Waals surface area contributed by atoms with Gasteiger partial charge in [-0.1, -0.05) is 262 Å². The maximum Gasteiger partial charge on any atom is -0.000740 e. The fourth-order valence-corrected chi connectivity index (χ4v) is 12.5. The Hall–Kier alpha value is -7.02. The van der Waals surface area contributed by atoms with Crippen LogP contribution in [0, 0.1) is 0 Å². The van der Waals surface area contributed by atoms with Gasteiger partial charge in [-0.15, -0.1) is 0 Å².